The summed E-state index contributed by atoms with van der Waals surface area (Å²) in [5.41, 5.74) is 4.94. The van der Waals surface area contributed by atoms with Crippen molar-refractivity contribution in [2.45, 2.75) is 71.1 Å². The molecule has 2 aliphatic rings. The maximum absolute atomic E-state index is 13.2. The average Bonchev–Trinajstić information content (AvgIpc) is 3.70. The zero-order valence-electron chi connectivity index (χ0n) is 22.3. The van der Waals surface area contributed by atoms with Crippen molar-refractivity contribution in [3.8, 4) is 22.9 Å². The Kier molecular flexibility index (Phi) is 8.81. The Morgan fingerprint density at radius 2 is 2.05 bits per heavy atom. The first-order valence-corrected chi connectivity index (χ1v) is 14.5. The lowest BCUT2D eigenvalue weighted by atomic mass is 9.97. The molecule has 1 aromatic carbocycles. The van der Waals surface area contributed by atoms with Crippen LogP contribution in [0.2, 0.25) is 0 Å². The number of allylic oxidation sites excluding steroid dienone is 1. The van der Waals surface area contributed by atoms with Gasteiger partial charge in [0.1, 0.15) is 23.1 Å². The molecule has 1 fully saturated rings. The summed E-state index contributed by atoms with van der Waals surface area (Å²) < 4.78 is 19.3. The van der Waals surface area contributed by atoms with Gasteiger partial charge in [0, 0.05) is 30.8 Å². The average molecular weight is 536 g/mol. The monoisotopic (exact) mass is 535 g/mol. The summed E-state index contributed by atoms with van der Waals surface area (Å²) >= 11 is 1.56. The van der Waals surface area contributed by atoms with Crippen LogP contribution < -0.4 is 14.8 Å². The molecular formula is C30H37N3O4S. The van der Waals surface area contributed by atoms with E-state index < -0.39 is 0 Å². The van der Waals surface area contributed by atoms with Crippen LogP contribution in [0, 0.1) is 6.92 Å². The van der Waals surface area contributed by atoms with Crippen LogP contribution in [0.15, 0.2) is 47.4 Å². The van der Waals surface area contributed by atoms with Gasteiger partial charge in [0.25, 0.3) is 5.91 Å². The fourth-order valence-electron chi connectivity index (χ4n) is 5.19. The normalized spacial score (nSPS) is 17.3. The quantitative estimate of drug-likeness (QED) is 0.291. The fourth-order valence-corrected chi connectivity index (χ4v) is 5.89. The molecule has 3 aromatic rings. The van der Waals surface area contributed by atoms with E-state index in [4.69, 9.17) is 19.2 Å². The minimum Gasteiger partial charge on any atom is -0.497 e. The number of rotatable bonds is 11. The van der Waals surface area contributed by atoms with Crippen LogP contribution >= 0.6 is 11.3 Å². The van der Waals surface area contributed by atoms with Gasteiger partial charge in [0.05, 0.1) is 30.2 Å². The number of nitrogens with zero attached hydrogens (tertiary/aromatic N) is 2. The van der Waals surface area contributed by atoms with E-state index in [0.29, 0.717) is 18.7 Å². The Morgan fingerprint density at radius 1 is 1.21 bits per heavy atom. The molecule has 0 spiro atoms. The molecule has 1 saturated heterocycles. The van der Waals surface area contributed by atoms with E-state index in [0.717, 1.165) is 72.4 Å². The predicted molar refractivity (Wildman–Crippen MR) is 150 cm³/mol. The van der Waals surface area contributed by atoms with Crippen LogP contribution in [0.25, 0.3) is 11.4 Å². The van der Waals surface area contributed by atoms with Crippen molar-refractivity contribution >= 4 is 17.2 Å². The largest absolute Gasteiger partial charge is 0.497 e. The van der Waals surface area contributed by atoms with E-state index >= 15 is 0 Å². The molecule has 0 bridgehead atoms. The van der Waals surface area contributed by atoms with Gasteiger partial charge in [-0.2, -0.15) is 0 Å². The van der Waals surface area contributed by atoms with Gasteiger partial charge in [-0.3, -0.25) is 4.79 Å². The van der Waals surface area contributed by atoms with Crippen LogP contribution in [0.3, 0.4) is 0 Å². The third kappa shape index (κ3) is 6.48. The van der Waals surface area contributed by atoms with Gasteiger partial charge in [-0.1, -0.05) is 11.6 Å². The zero-order valence-corrected chi connectivity index (χ0v) is 23.1. The number of methoxy groups -OCH3 is 1. The molecule has 1 atom stereocenters. The molecular weight excluding hydrogens is 498 g/mol. The lowest BCUT2D eigenvalue weighted by Gasteiger charge is -2.16. The second-order valence-corrected chi connectivity index (χ2v) is 10.9. The highest BCUT2D eigenvalue weighted by atomic mass is 32.1. The molecule has 202 valence electrons. The fraction of sp³-hybridized carbons (Fsp3) is 0.467. The van der Waals surface area contributed by atoms with E-state index in [1.54, 1.807) is 18.4 Å². The second-order valence-electron chi connectivity index (χ2n) is 9.98. The minimum absolute atomic E-state index is 0.0236. The molecule has 0 radical (unpaired) electrons. The number of amides is 1. The molecule has 1 N–H and O–H groups in total. The number of thiazole rings is 1. The van der Waals surface area contributed by atoms with Crippen molar-refractivity contribution in [1.82, 2.24) is 14.9 Å². The Balaban J connectivity index is 1.30. The molecule has 8 heteroatoms. The zero-order chi connectivity index (χ0) is 26.3. The molecule has 2 aromatic heterocycles. The lowest BCUT2D eigenvalue weighted by molar-refractivity contribution is 0.0941. The Labute approximate surface area is 228 Å². The van der Waals surface area contributed by atoms with E-state index in [1.807, 2.05) is 42.6 Å². The van der Waals surface area contributed by atoms with Crippen molar-refractivity contribution in [3.05, 3.63) is 63.6 Å². The van der Waals surface area contributed by atoms with Crippen LogP contribution in [-0.2, 0) is 17.9 Å². The number of nitrogens with one attached hydrogen (secondary N) is 1. The second kappa shape index (κ2) is 12.6. The number of benzene rings is 1. The highest BCUT2D eigenvalue weighted by Gasteiger charge is 2.24. The minimum atomic E-state index is -0.0236. The van der Waals surface area contributed by atoms with E-state index in [9.17, 15) is 4.79 Å². The van der Waals surface area contributed by atoms with Crippen molar-refractivity contribution in [1.29, 1.82) is 0 Å². The molecule has 3 heterocycles. The van der Waals surface area contributed by atoms with Crippen LogP contribution in [0.1, 0.15) is 66.0 Å². The van der Waals surface area contributed by atoms with E-state index in [2.05, 4.69) is 16.0 Å². The number of ether oxygens (including phenoxy) is 3. The third-order valence-electron chi connectivity index (χ3n) is 7.37. The number of carbonyl (C=O) groups excluding carboxylic acids is 1. The smallest absolute Gasteiger partial charge is 0.253 e. The summed E-state index contributed by atoms with van der Waals surface area (Å²) in [6, 6.07) is 9.52. The van der Waals surface area contributed by atoms with Crippen molar-refractivity contribution in [2.24, 2.45) is 0 Å². The summed E-state index contributed by atoms with van der Waals surface area (Å²) in [4.78, 5) is 18.1. The molecule has 38 heavy (non-hydrogen) atoms. The van der Waals surface area contributed by atoms with Crippen molar-refractivity contribution in [3.63, 3.8) is 0 Å². The van der Waals surface area contributed by atoms with Crippen LogP contribution in [0.5, 0.6) is 11.5 Å². The first kappa shape index (κ1) is 26.5. The van der Waals surface area contributed by atoms with Crippen molar-refractivity contribution in [2.75, 3.05) is 20.3 Å². The Hall–Kier alpha value is -3.10. The maximum Gasteiger partial charge on any atom is 0.253 e. The van der Waals surface area contributed by atoms with Crippen LogP contribution in [-0.4, -0.2) is 41.8 Å². The Morgan fingerprint density at radius 3 is 2.79 bits per heavy atom. The molecule has 5 rings (SSSR count). The van der Waals surface area contributed by atoms with Gasteiger partial charge < -0.3 is 24.1 Å². The highest BCUT2D eigenvalue weighted by molar-refractivity contribution is 7.09. The predicted octanol–water partition coefficient (Wildman–Crippen LogP) is 6.31. The van der Waals surface area contributed by atoms with Gasteiger partial charge in [-0.05, 0) is 82.2 Å². The van der Waals surface area contributed by atoms with Crippen molar-refractivity contribution < 1.29 is 19.0 Å². The van der Waals surface area contributed by atoms with Gasteiger partial charge in [-0.25, -0.2) is 4.98 Å². The molecule has 1 aliphatic carbocycles. The maximum atomic E-state index is 13.2. The van der Waals surface area contributed by atoms with Gasteiger partial charge >= 0.3 is 0 Å². The van der Waals surface area contributed by atoms with E-state index in [1.165, 1.54) is 24.8 Å². The number of hydrogen-bond donors (Lipinski definition) is 1. The first-order valence-electron chi connectivity index (χ1n) is 13.6. The summed E-state index contributed by atoms with van der Waals surface area (Å²) in [5.74, 6) is 1.54. The SMILES string of the molecule is COc1ccc(OCc2nc(-c3cc(C(=O)NCCC4=CCCCC4)c(C)n3CC3CCCO3)cs2)cc1. The lowest BCUT2D eigenvalue weighted by Crippen LogP contribution is -2.25. The third-order valence-corrected chi connectivity index (χ3v) is 8.20. The number of carbonyl (C=O) groups is 1. The van der Waals surface area contributed by atoms with Gasteiger partial charge in [0.15, 0.2) is 0 Å². The summed E-state index contributed by atoms with van der Waals surface area (Å²) in [6.07, 6.45) is 10.4. The first-order chi connectivity index (χ1) is 18.6. The topological polar surface area (TPSA) is 74.6 Å². The van der Waals surface area contributed by atoms with E-state index in [-0.39, 0.29) is 12.0 Å². The standard InChI is InChI=1S/C30H37N3O4S/c1-21-26(30(34)31-15-14-22-7-4-3-5-8-22)17-28(33(21)18-25-9-6-16-36-25)27-20-38-29(32-27)19-37-24-12-10-23(35-2)11-13-24/h7,10-13,17,20,25H,3-6,8-9,14-16,18-19H2,1-2H3,(H,31,34). The summed E-state index contributed by atoms with van der Waals surface area (Å²) in [7, 11) is 1.65. The highest BCUT2D eigenvalue weighted by Crippen LogP contribution is 2.30. The number of hydrogen-bond acceptors (Lipinski definition) is 6. The summed E-state index contributed by atoms with van der Waals surface area (Å²) in [5, 5.41) is 6.08. The van der Waals surface area contributed by atoms with Crippen LogP contribution in [0.4, 0.5) is 0 Å². The molecule has 1 unspecified atom stereocenters. The van der Waals surface area contributed by atoms with Gasteiger partial charge in [0.2, 0.25) is 0 Å². The molecule has 1 aliphatic heterocycles. The summed E-state index contributed by atoms with van der Waals surface area (Å²) in [6.45, 7) is 4.59. The Bertz CT molecular complexity index is 1260. The molecule has 7 nitrogen and oxygen atoms in total. The number of aromatic nitrogens is 2. The van der Waals surface area contributed by atoms with Gasteiger partial charge in [-0.15, -0.1) is 11.3 Å². The molecule has 1 amide bonds. The molecule has 0 saturated carbocycles.